The van der Waals surface area contributed by atoms with Gasteiger partial charge in [-0.1, -0.05) is 45.4 Å². The summed E-state index contributed by atoms with van der Waals surface area (Å²) in [5.74, 6) is 1.75. The van der Waals surface area contributed by atoms with Gasteiger partial charge in [-0.2, -0.15) is 0 Å². The van der Waals surface area contributed by atoms with Gasteiger partial charge in [0, 0.05) is 5.54 Å². The molecule has 0 aliphatic rings. The summed E-state index contributed by atoms with van der Waals surface area (Å²) in [6, 6.07) is 0. The van der Waals surface area contributed by atoms with E-state index in [1.54, 1.807) is 5.97 Å². The number of hydrogen-bond acceptors (Lipinski definition) is 2. The molecular weight excluding hydrogens is 183 g/mol. The van der Waals surface area contributed by atoms with Gasteiger partial charge in [0.1, 0.15) is 0 Å². The number of rotatable bonds is 7. The second kappa shape index (κ2) is 11.6. The lowest BCUT2D eigenvalue weighted by molar-refractivity contribution is 0.441. The molecular formula is C12H27BN2. The van der Waals surface area contributed by atoms with Gasteiger partial charge in [0.2, 0.25) is 7.85 Å². The highest BCUT2D eigenvalue weighted by atomic mass is 14.7. The quantitative estimate of drug-likeness (QED) is 0.518. The average molecular weight is 210 g/mol. The summed E-state index contributed by atoms with van der Waals surface area (Å²) < 4.78 is 0. The van der Waals surface area contributed by atoms with Gasteiger partial charge >= 0.3 is 0 Å². The zero-order valence-electron chi connectivity index (χ0n) is 11.0. The molecule has 0 aliphatic heterocycles. The molecule has 3 heteroatoms. The Kier molecular flexibility index (Phi) is 13.1. The molecule has 0 fully saturated rings. The summed E-state index contributed by atoms with van der Waals surface area (Å²) in [4.78, 5) is 0. The van der Waals surface area contributed by atoms with Gasteiger partial charge in [-0.25, -0.2) is 5.26 Å². The van der Waals surface area contributed by atoms with Crippen LogP contribution in [0.3, 0.4) is 0 Å². The fourth-order valence-corrected chi connectivity index (χ4v) is 1.36. The van der Waals surface area contributed by atoms with Gasteiger partial charge in [0.05, 0.1) is 0 Å². The van der Waals surface area contributed by atoms with E-state index in [0.717, 1.165) is 0 Å². The Hall–Kier alpha value is -0.485. The summed E-state index contributed by atoms with van der Waals surface area (Å²) in [6.07, 6.45) is 9.35. The minimum Gasteiger partial charge on any atom is -0.326 e. The predicted octanol–water partition coefficient (Wildman–Crippen LogP) is 2.57. The first-order valence-corrected chi connectivity index (χ1v) is 6.07. The van der Waals surface area contributed by atoms with E-state index in [1.165, 1.54) is 52.8 Å². The molecule has 2 nitrogen and oxygen atoms in total. The molecule has 0 saturated heterocycles. The molecule has 88 valence electrons. The Morgan fingerprint density at radius 3 is 1.93 bits per heavy atom. The SMILES string of the molecule is BC#N.CCCCCCCCC(C)(C)N. The first-order chi connectivity index (χ1) is 6.97. The topological polar surface area (TPSA) is 49.8 Å². The molecule has 0 amide bonds. The van der Waals surface area contributed by atoms with Crippen molar-refractivity contribution in [1.82, 2.24) is 0 Å². The van der Waals surface area contributed by atoms with E-state index < -0.39 is 0 Å². The first kappa shape index (κ1) is 16.9. The highest BCUT2D eigenvalue weighted by Gasteiger charge is 2.08. The fourth-order valence-electron chi connectivity index (χ4n) is 1.36. The molecule has 0 aromatic heterocycles. The predicted molar refractivity (Wildman–Crippen MR) is 70.4 cm³/mol. The summed E-state index contributed by atoms with van der Waals surface area (Å²) >= 11 is 0. The van der Waals surface area contributed by atoms with E-state index in [2.05, 4.69) is 20.8 Å². The average Bonchev–Trinajstić information content (AvgIpc) is 2.11. The monoisotopic (exact) mass is 210 g/mol. The molecule has 0 unspecified atom stereocenters. The van der Waals surface area contributed by atoms with Crippen LogP contribution < -0.4 is 5.73 Å². The normalized spacial score (nSPS) is 10.1. The third-order valence-electron chi connectivity index (χ3n) is 2.17. The standard InChI is InChI=1S/C11H25N.CH2BN/c1-4-5-6-7-8-9-10-11(2,3)12;2-1-3/h4-10,12H2,1-3H3;2H2. The van der Waals surface area contributed by atoms with Gasteiger partial charge in [-0.15, -0.1) is 0 Å². The van der Waals surface area contributed by atoms with Crippen LogP contribution in [0.5, 0.6) is 0 Å². The summed E-state index contributed by atoms with van der Waals surface area (Å²) in [5, 5.41) is 7.32. The van der Waals surface area contributed by atoms with Crippen molar-refractivity contribution in [2.24, 2.45) is 5.73 Å². The van der Waals surface area contributed by atoms with Crippen molar-refractivity contribution in [3.8, 4) is 5.97 Å². The first-order valence-electron chi connectivity index (χ1n) is 6.07. The third kappa shape index (κ3) is 24.7. The maximum Gasteiger partial charge on any atom is 0.232 e. The van der Waals surface area contributed by atoms with Crippen LogP contribution in [0, 0.1) is 11.2 Å². The molecule has 0 saturated carbocycles. The zero-order valence-corrected chi connectivity index (χ0v) is 11.0. The molecule has 0 rings (SSSR count). The fraction of sp³-hybridized carbons (Fsp3) is 0.917. The van der Waals surface area contributed by atoms with Crippen molar-refractivity contribution < 1.29 is 0 Å². The maximum absolute atomic E-state index is 7.32. The molecule has 0 atom stereocenters. The summed E-state index contributed by atoms with van der Waals surface area (Å²) in [5.41, 5.74) is 5.92. The Bertz CT molecular complexity index is 156. The lowest BCUT2D eigenvalue weighted by Crippen LogP contribution is -2.31. The van der Waals surface area contributed by atoms with Crippen LogP contribution in [-0.4, -0.2) is 13.4 Å². The van der Waals surface area contributed by atoms with Crippen molar-refractivity contribution in [1.29, 1.82) is 5.26 Å². The van der Waals surface area contributed by atoms with Crippen LogP contribution in [0.15, 0.2) is 0 Å². The minimum absolute atomic E-state index is 0.0464. The van der Waals surface area contributed by atoms with Crippen LogP contribution in [0.1, 0.15) is 65.7 Å². The lowest BCUT2D eigenvalue weighted by atomic mass is 9.97. The molecule has 0 aromatic carbocycles. The lowest BCUT2D eigenvalue weighted by Gasteiger charge is -2.17. The molecule has 0 radical (unpaired) electrons. The van der Waals surface area contributed by atoms with Gasteiger partial charge in [-0.3, -0.25) is 0 Å². The van der Waals surface area contributed by atoms with E-state index in [-0.39, 0.29) is 5.54 Å². The van der Waals surface area contributed by atoms with Crippen LogP contribution in [-0.2, 0) is 0 Å². The van der Waals surface area contributed by atoms with Gasteiger partial charge in [0.25, 0.3) is 0 Å². The Morgan fingerprint density at radius 1 is 1.13 bits per heavy atom. The Balaban J connectivity index is 0. The largest absolute Gasteiger partial charge is 0.326 e. The highest BCUT2D eigenvalue weighted by molar-refractivity contribution is 6.20. The van der Waals surface area contributed by atoms with E-state index in [9.17, 15) is 0 Å². The number of hydrogen-bond donors (Lipinski definition) is 1. The number of nitrogens with two attached hydrogens (primary N) is 1. The molecule has 0 aromatic rings. The second-order valence-electron chi connectivity index (χ2n) is 4.73. The van der Waals surface area contributed by atoms with E-state index in [1.807, 2.05) is 0 Å². The van der Waals surface area contributed by atoms with E-state index in [4.69, 9.17) is 11.0 Å². The number of nitrogens with zero attached hydrogens (tertiary/aromatic N) is 1. The molecule has 0 spiro atoms. The number of nitriles is 1. The van der Waals surface area contributed by atoms with Crippen molar-refractivity contribution in [2.45, 2.75) is 71.3 Å². The summed E-state index contributed by atoms with van der Waals surface area (Å²) in [6.45, 7) is 6.47. The number of unbranched alkanes of at least 4 members (excludes halogenated alkanes) is 5. The van der Waals surface area contributed by atoms with Crippen LogP contribution >= 0.6 is 0 Å². The van der Waals surface area contributed by atoms with Gasteiger partial charge in [-0.05, 0) is 26.2 Å². The molecule has 0 aliphatic carbocycles. The zero-order chi connectivity index (χ0) is 12.2. The summed E-state index contributed by atoms with van der Waals surface area (Å²) in [7, 11) is 1.43. The van der Waals surface area contributed by atoms with Gasteiger partial charge < -0.3 is 5.73 Å². The van der Waals surface area contributed by atoms with E-state index in [0.29, 0.717) is 0 Å². The maximum atomic E-state index is 7.32. The highest BCUT2D eigenvalue weighted by Crippen LogP contribution is 2.12. The second-order valence-corrected chi connectivity index (χ2v) is 4.73. The van der Waals surface area contributed by atoms with Crippen molar-refractivity contribution >= 4 is 7.85 Å². The van der Waals surface area contributed by atoms with Crippen molar-refractivity contribution in [2.75, 3.05) is 0 Å². The molecule has 0 heterocycles. The van der Waals surface area contributed by atoms with E-state index >= 15 is 0 Å². The molecule has 2 N–H and O–H groups in total. The van der Waals surface area contributed by atoms with Crippen LogP contribution in [0.25, 0.3) is 0 Å². The van der Waals surface area contributed by atoms with Crippen molar-refractivity contribution in [3.05, 3.63) is 0 Å². The molecule has 0 bridgehead atoms. The Morgan fingerprint density at radius 2 is 1.53 bits per heavy atom. The van der Waals surface area contributed by atoms with Crippen LogP contribution in [0.4, 0.5) is 0 Å². The third-order valence-corrected chi connectivity index (χ3v) is 2.17. The minimum atomic E-state index is 0.0464. The van der Waals surface area contributed by atoms with Gasteiger partial charge in [0.15, 0.2) is 0 Å². The molecule has 15 heavy (non-hydrogen) atoms. The smallest absolute Gasteiger partial charge is 0.232 e. The Labute approximate surface area is 96.6 Å². The van der Waals surface area contributed by atoms with Crippen molar-refractivity contribution in [3.63, 3.8) is 0 Å². The van der Waals surface area contributed by atoms with Crippen LogP contribution in [0.2, 0.25) is 0 Å².